The third-order valence-corrected chi connectivity index (χ3v) is 1.30. The Morgan fingerprint density at radius 3 is 2.43 bits per heavy atom. The maximum atomic E-state index is 6.83. The first-order valence-electron chi connectivity index (χ1n) is 3.68. The highest BCUT2D eigenvalue weighted by Gasteiger charge is 1.99. The van der Waals surface area contributed by atoms with E-state index in [1.807, 2.05) is 0 Å². The number of hydrogen-bond acceptors (Lipinski definition) is 6. The van der Waals surface area contributed by atoms with Gasteiger partial charge in [0, 0.05) is 6.54 Å². The lowest BCUT2D eigenvalue weighted by atomic mass is 10.4. The maximum Gasteiger partial charge on any atom is 0.166 e. The van der Waals surface area contributed by atoms with Crippen LogP contribution in [-0.4, -0.2) is 23.0 Å². The van der Waals surface area contributed by atoms with Crippen LogP contribution in [0.2, 0.25) is 0 Å². The Morgan fingerprint density at radius 1 is 1.43 bits per heavy atom. The minimum absolute atomic E-state index is 0.350. The molecule has 0 aliphatic heterocycles. The molecule has 0 atom stereocenters. The molecule has 0 fully saturated rings. The van der Waals surface area contributed by atoms with Gasteiger partial charge in [-0.15, -0.1) is 0 Å². The summed E-state index contributed by atoms with van der Waals surface area (Å²) in [6.45, 7) is 2.85. The fourth-order valence-corrected chi connectivity index (χ4v) is 0.653. The largest absolute Gasteiger partial charge is 0.325 e. The summed E-state index contributed by atoms with van der Waals surface area (Å²) in [4.78, 5) is 7.88. The third kappa shape index (κ3) is 3.25. The van der Waals surface area contributed by atoms with Crippen molar-refractivity contribution in [2.24, 2.45) is 11.6 Å². The predicted molar refractivity (Wildman–Crippen MR) is 55.2 cm³/mol. The number of nitrogens with two attached hydrogens (primary N) is 2. The lowest BCUT2D eigenvalue weighted by molar-refractivity contribution is 0.947. The molecular weight excluding hydrogens is 182 g/mol. The standard InChI is InChI=1S/C6H10N6.CH3N/c7-1-5-2-11-6(3-10-5)12(9)4-8;1-2/h2-4,8H,1,7,9H2;2H,1H2. The van der Waals surface area contributed by atoms with E-state index in [1.54, 1.807) is 0 Å². The predicted octanol–water partition coefficient (Wildman–Crippen LogP) is -0.512. The Morgan fingerprint density at radius 2 is 2.07 bits per heavy atom. The van der Waals surface area contributed by atoms with Gasteiger partial charge in [-0.25, -0.2) is 10.8 Å². The molecule has 0 amide bonds. The molecule has 1 heterocycles. The zero-order valence-corrected chi connectivity index (χ0v) is 7.64. The Kier molecular flexibility index (Phi) is 5.75. The quantitative estimate of drug-likeness (QED) is 0.223. The molecule has 0 aliphatic rings. The molecule has 6 N–H and O–H groups in total. The van der Waals surface area contributed by atoms with E-state index in [4.69, 9.17) is 22.4 Å². The number of hydrogen-bond donors (Lipinski definition) is 4. The molecule has 0 spiro atoms. The second-order valence-corrected chi connectivity index (χ2v) is 2.11. The molecule has 0 aliphatic carbocycles. The van der Waals surface area contributed by atoms with Crippen LogP contribution < -0.4 is 16.6 Å². The number of anilines is 1. The van der Waals surface area contributed by atoms with Crippen molar-refractivity contribution in [1.29, 1.82) is 10.8 Å². The maximum absolute atomic E-state index is 6.83. The van der Waals surface area contributed by atoms with E-state index < -0.39 is 0 Å². The lowest BCUT2D eigenvalue weighted by Crippen LogP contribution is -2.29. The molecule has 0 radical (unpaired) electrons. The van der Waals surface area contributed by atoms with E-state index in [2.05, 4.69) is 16.7 Å². The smallest absolute Gasteiger partial charge is 0.166 e. The summed E-state index contributed by atoms with van der Waals surface area (Å²) in [5.74, 6) is 5.76. The first-order chi connectivity index (χ1) is 6.77. The van der Waals surface area contributed by atoms with Crippen LogP contribution in [0.25, 0.3) is 0 Å². The van der Waals surface area contributed by atoms with Crippen molar-refractivity contribution in [3.05, 3.63) is 18.1 Å². The molecule has 76 valence electrons. The summed E-state index contributed by atoms with van der Waals surface area (Å²) >= 11 is 0. The van der Waals surface area contributed by atoms with Crippen LogP contribution in [0.1, 0.15) is 5.69 Å². The number of nitrogens with one attached hydrogen (secondary N) is 2. The van der Waals surface area contributed by atoms with Crippen molar-refractivity contribution in [2.45, 2.75) is 6.54 Å². The monoisotopic (exact) mass is 195 g/mol. The van der Waals surface area contributed by atoms with Crippen LogP contribution >= 0.6 is 0 Å². The summed E-state index contributed by atoms with van der Waals surface area (Å²) in [7, 11) is 0. The SMILES string of the molecule is C=N.N=CN(N)c1cnc(CN)cn1. The van der Waals surface area contributed by atoms with Crippen LogP contribution in [-0.2, 0) is 6.54 Å². The van der Waals surface area contributed by atoms with Gasteiger partial charge in [-0.05, 0) is 6.72 Å². The first-order valence-corrected chi connectivity index (χ1v) is 3.68. The molecule has 1 aromatic heterocycles. The van der Waals surface area contributed by atoms with Gasteiger partial charge in [0.1, 0.15) is 6.34 Å². The van der Waals surface area contributed by atoms with Crippen LogP contribution in [0, 0.1) is 10.8 Å². The van der Waals surface area contributed by atoms with Crippen LogP contribution in [0.4, 0.5) is 5.82 Å². The summed E-state index contributed by atoms with van der Waals surface area (Å²) in [6, 6.07) is 0. The minimum atomic E-state index is 0.350. The van der Waals surface area contributed by atoms with Gasteiger partial charge >= 0.3 is 0 Å². The van der Waals surface area contributed by atoms with Crippen LogP contribution in [0.15, 0.2) is 12.4 Å². The van der Waals surface area contributed by atoms with Crippen molar-refractivity contribution in [2.75, 3.05) is 5.01 Å². The molecule has 1 aromatic rings. The van der Waals surface area contributed by atoms with Gasteiger partial charge in [0.15, 0.2) is 5.82 Å². The topological polar surface area (TPSA) is 129 Å². The molecule has 0 aromatic carbocycles. The molecule has 0 saturated carbocycles. The number of rotatable bonds is 3. The van der Waals surface area contributed by atoms with E-state index in [1.165, 1.54) is 12.4 Å². The normalized spacial score (nSPS) is 8.43. The van der Waals surface area contributed by atoms with Gasteiger partial charge in [0.05, 0.1) is 18.1 Å². The molecule has 0 saturated heterocycles. The zero-order valence-electron chi connectivity index (χ0n) is 7.64. The molecule has 7 nitrogen and oxygen atoms in total. The molecule has 14 heavy (non-hydrogen) atoms. The van der Waals surface area contributed by atoms with Crippen molar-refractivity contribution in [1.82, 2.24) is 9.97 Å². The molecule has 0 bridgehead atoms. The van der Waals surface area contributed by atoms with Gasteiger partial charge in [0.2, 0.25) is 0 Å². The van der Waals surface area contributed by atoms with Gasteiger partial charge in [0.25, 0.3) is 0 Å². The lowest BCUT2D eigenvalue weighted by Gasteiger charge is -2.09. The molecule has 1 rings (SSSR count). The van der Waals surface area contributed by atoms with Gasteiger partial charge in [-0.2, -0.15) is 0 Å². The average molecular weight is 195 g/mol. The Labute approximate surface area is 81.8 Å². The second kappa shape index (κ2) is 6.63. The number of aromatic nitrogens is 2. The third-order valence-electron chi connectivity index (χ3n) is 1.30. The van der Waals surface area contributed by atoms with E-state index >= 15 is 0 Å². The van der Waals surface area contributed by atoms with Crippen LogP contribution in [0.3, 0.4) is 0 Å². The number of nitrogens with zero attached hydrogens (tertiary/aromatic N) is 3. The summed E-state index contributed by atoms with van der Waals surface area (Å²) in [5, 5.41) is 13.4. The van der Waals surface area contributed by atoms with Crippen molar-refractivity contribution >= 4 is 18.9 Å². The van der Waals surface area contributed by atoms with Gasteiger partial charge in [-0.3, -0.25) is 15.4 Å². The van der Waals surface area contributed by atoms with Gasteiger partial charge in [-0.1, -0.05) is 0 Å². The zero-order chi connectivity index (χ0) is 11.0. The highest BCUT2D eigenvalue weighted by Crippen LogP contribution is 2.01. The summed E-state index contributed by atoms with van der Waals surface area (Å²) < 4.78 is 0. The minimum Gasteiger partial charge on any atom is -0.325 e. The highest BCUT2D eigenvalue weighted by molar-refractivity contribution is 5.72. The van der Waals surface area contributed by atoms with E-state index in [0.29, 0.717) is 18.1 Å². The molecule has 7 heteroatoms. The fourth-order valence-electron chi connectivity index (χ4n) is 0.653. The summed E-state index contributed by atoms with van der Waals surface area (Å²) in [5.41, 5.74) is 6.01. The van der Waals surface area contributed by atoms with E-state index in [9.17, 15) is 0 Å². The van der Waals surface area contributed by atoms with E-state index in [-0.39, 0.29) is 0 Å². The second-order valence-electron chi connectivity index (χ2n) is 2.11. The molecular formula is C7H13N7. The van der Waals surface area contributed by atoms with Crippen molar-refractivity contribution < 1.29 is 0 Å². The Hall–Kier alpha value is -1.86. The van der Waals surface area contributed by atoms with Crippen molar-refractivity contribution in [3.63, 3.8) is 0 Å². The first kappa shape index (κ1) is 12.1. The van der Waals surface area contributed by atoms with Crippen LogP contribution in [0.5, 0.6) is 0 Å². The fraction of sp³-hybridized carbons (Fsp3) is 0.143. The van der Waals surface area contributed by atoms with Gasteiger partial charge < -0.3 is 11.1 Å². The highest BCUT2D eigenvalue weighted by atomic mass is 15.4. The summed E-state index contributed by atoms with van der Waals surface area (Å²) in [6.07, 6.45) is 3.94. The Bertz CT molecular complexity index is 270. The Balaban J connectivity index is 0.000000791. The average Bonchev–Trinajstić information content (AvgIpc) is 2.31. The van der Waals surface area contributed by atoms with Crippen molar-refractivity contribution in [3.8, 4) is 0 Å². The number of hydrazine groups is 1. The van der Waals surface area contributed by atoms with E-state index in [0.717, 1.165) is 11.3 Å². The molecule has 0 unspecified atom stereocenters.